The lowest BCUT2D eigenvalue weighted by Gasteiger charge is -2.10. The lowest BCUT2D eigenvalue weighted by atomic mass is 10.1. The van der Waals surface area contributed by atoms with Crippen LogP contribution in [0.2, 0.25) is 0 Å². The molecule has 0 N–H and O–H groups in total. The Bertz CT molecular complexity index is 779. The summed E-state index contributed by atoms with van der Waals surface area (Å²) in [5.74, 6) is 0.625. The molecular weight excluding hydrogens is 303 g/mol. The summed E-state index contributed by atoms with van der Waals surface area (Å²) in [5.41, 5.74) is 1.74. The molecule has 3 nitrogen and oxygen atoms in total. The molecule has 23 heavy (non-hydrogen) atoms. The van der Waals surface area contributed by atoms with Gasteiger partial charge in [-0.15, -0.1) is 0 Å². The third-order valence-electron chi connectivity index (χ3n) is 3.36. The van der Waals surface area contributed by atoms with Crippen LogP contribution >= 0.6 is 0 Å². The van der Waals surface area contributed by atoms with Crippen LogP contribution in [0.1, 0.15) is 11.3 Å². The van der Waals surface area contributed by atoms with Gasteiger partial charge in [-0.1, -0.05) is 24.3 Å². The molecule has 0 radical (unpaired) electrons. The van der Waals surface area contributed by atoms with Crippen LogP contribution in [-0.4, -0.2) is 20.7 Å². The van der Waals surface area contributed by atoms with Crippen molar-refractivity contribution in [2.24, 2.45) is 0 Å². The third kappa shape index (κ3) is 3.97. The van der Waals surface area contributed by atoms with Crippen LogP contribution in [0.25, 0.3) is 11.4 Å². The van der Waals surface area contributed by atoms with Gasteiger partial charge in [-0.25, -0.2) is 4.98 Å². The standard InChI is InChI=1S/C17H14F3N3/c18-17(19,20)11-13-4-3-5-14(10-13)16-22-8-9-23(16)12-15-6-1-2-7-21-15/h1-10H,11-12H2. The van der Waals surface area contributed by atoms with E-state index in [-0.39, 0.29) is 5.56 Å². The molecule has 0 aliphatic heterocycles. The largest absolute Gasteiger partial charge is 0.393 e. The smallest absolute Gasteiger partial charge is 0.325 e. The summed E-state index contributed by atoms with van der Waals surface area (Å²) in [6, 6.07) is 12.0. The number of rotatable bonds is 4. The first-order valence-electron chi connectivity index (χ1n) is 7.08. The summed E-state index contributed by atoms with van der Waals surface area (Å²) >= 11 is 0. The van der Waals surface area contributed by atoms with Gasteiger partial charge in [0.15, 0.2) is 0 Å². The second-order valence-corrected chi connectivity index (χ2v) is 5.19. The lowest BCUT2D eigenvalue weighted by molar-refractivity contribution is -0.127. The zero-order valence-electron chi connectivity index (χ0n) is 12.2. The van der Waals surface area contributed by atoms with Crippen LogP contribution < -0.4 is 0 Å². The Kier molecular flexibility index (Phi) is 4.14. The Balaban J connectivity index is 1.88. The van der Waals surface area contributed by atoms with Crippen molar-refractivity contribution in [1.82, 2.24) is 14.5 Å². The monoisotopic (exact) mass is 317 g/mol. The van der Waals surface area contributed by atoms with E-state index in [1.807, 2.05) is 22.8 Å². The number of alkyl halides is 3. The van der Waals surface area contributed by atoms with Crippen molar-refractivity contribution in [1.29, 1.82) is 0 Å². The van der Waals surface area contributed by atoms with Crippen LogP contribution in [0, 0.1) is 0 Å². The van der Waals surface area contributed by atoms with E-state index in [1.165, 1.54) is 12.1 Å². The van der Waals surface area contributed by atoms with Gasteiger partial charge >= 0.3 is 6.18 Å². The molecule has 0 atom stereocenters. The minimum Gasteiger partial charge on any atom is -0.325 e. The normalized spacial score (nSPS) is 11.6. The average Bonchev–Trinajstić information content (AvgIpc) is 2.95. The summed E-state index contributed by atoms with van der Waals surface area (Å²) in [6.07, 6.45) is -0.0329. The summed E-state index contributed by atoms with van der Waals surface area (Å²) in [7, 11) is 0. The van der Waals surface area contributed by atoms with Crippen LogP contribution in [-0.2, 0) is 13.0 Å². The molecule has 2 aromatic heterocycles. The predicted molar refractivity (Wildman–Crippen MR) is 80.8 cm³/mol. The number of pyridine rings is 1. The lowest BCUT2D eigenvalue weighted by Crippen LogP contribution is -2.11. The van der Waals surface area contributed by atoms with E-state index >= 15 is 0 Å². The van der Waals surface area contributed by atoms with Crippen molar-refractivity contribution >= 4 is 0 Å². The van der Waals surface area contributed by atoms with Crippen LogP contribution in [0.3, 0.4) is 0 Å². The Labute approximate surface area is 131 Å². The molecule has 0 aliphatic carbocycles. The van der Waals surface area contributed by atoms with Crippen molar-refractivity contribution < 1.29 is 13.2 Å². The van der Waals surface area contributed by atoms with Crippen LogP contribution in [0.4, 0.5) is 13.2 Å². The molecule has 2 heterocycles. The summed E-state index contributed by atoms with van der Waals surface area (Å²) in [6.45, 7) is 0.514. The second kappa shape index (κ2) is 6.24. The summed E-state index contributed by atoms with van der Waals surface area (Å²) < 4.78 is 39.5. The SMILES string of the molecule is FC(F)(F)Cc1cccc(-c2nccn2Cc2ccccn2)c1. The average molecular weight is 317 g/mol. The fourth-order valence-corrected chi connectivity index (χ4v) is 2.42. The maximum Gasteiger partial charge on any atom is 0.393 e. The Morgan fingerprint density at radius 3 is 2.57 bits per heavy atom. The molecule has 0 spiro atoms. The molecule has 0 unspecified atom stereocenters. The molecule has 0 saturated heterocycles. The molecule has 0 amide bonds. The van der Waals surface area contributed by atoms with Crippen LogP contribution in [0.15, 0.2) is 61.1 Å². The molecule has 3 aromatic rings. The molecule has 3 rings (SSSR count). The summed E-state index contributed by atoms with van der Waals surface area (Å²) in [5, 5.41) is 0. The van der Waals surface area contributed by atoms with Crippen molar-refractivity contribution in [3.63, 3.8) is 0 Å². The van der Waals surface area contributed by atoms with Crippen LogP contribution in [0.5, 0.6) is 0 Å². The predicted octanol–water partition coefficient (Wildman–Crippen LogP) is 4.10. The number of imidazole rings is 1. The Hall–Kier alpha value is -2.63. The number of nitrogens with zero attached hydrogens (tertiary/aromatic N) is 3. The van der Waals surface area contributed by atoms with Gasteiger partial charge in [0.05, 0.1) is 18.7 Å². The van der Waals surface area contributed by atoms with E-state index in [4.69, 9.17) is 0 Å². The highest BCUT2D eigenvalue weighted by Crippen LogP contribution is 2.25. The first kappa shape index (κ1) is 15.3. The quantitative estimate of drug-likeness (QED) is 0.725. The van der Waals surface area contributed by atoms with Crippen molar-refractivity contribution in [3.8, 4) is 11.4 Å². The number of hydrogen-bond acceptors (Lipinski definition) is 2. The minimum absolute atomic E-state index is 0.224. The molecule has 6 heteroatoms. The van der Waals surface area contributed by atoms with Gasteiger partial charge in [0.25, 0.3) is 0 Å². The third-order valence-corrected chi connectivity index (χ3v) is 3.36. The molecule has 1 aromatic carbocycles. The van der Waals surface area contributed by atoms with E-state index in [9.17, 15) is 13.2 Å². The minimum atomic E-state index is -4.22. The van der Waals surface area contributed by atoms with E-state index < -0.39 is 12.6 Å². The highest BCUT2D eigenvalue weighted by atomic mass is 19.4. The van der Waals surface area contributed by atoms with E-state index in [1.54, 1.807) is 30.7 Å². The second-order valence-electron chi connectivity index (χ2n) is 5.19. The zero-order chi connectivity index (χ0) is 16.3. The molecule has 0 saturated carbocycles. The fourth-order valence-electron chi connectivity index (χ4n) is 2.42. The van der Waals surface area contributed by atoms with E-state index in [0.717, 1.165) is 5.69 Å². The number of benzene rings is 1. The maximum atomic E-state index is 12.6. The first-order valence-corrected chi connectivity index (χ1v) is 7.08. The molecular formula is C17H14F3N3. The number of halogens is 3. The number of aromatic nitrogens is 3. The molecule has 0 aliphatic rings. The van der Waals surface area contributed by atoms with Gasteiger partial charge in [0, 0.05) is 24.2 Å². The van der Waals surface area contributed by atoms with E-state index in [0.29, 0.717) is 17.9 Å². The fraction of sp³-hybridized carbons (Fsp3) is 0.176. The van der Waals surface area contributed by atoms with E-state index in [2.05, 4.69) is 9.97 Å². The van der Waals surface area contributed by atoms with Crippen molar-refractivity contribution in [2.75, 3.05) is 0 Å². The highest BCUT2D eigenvalue weighted by molar-refractivity contribution is 5.57. The van der Waals surface area contributed by atoms with Crippen molar-refractivity contribution in [2.45, 2.75) is 19.1 Å². The van der Waals surface area contributed by atoms with Gasteiger partial charge in [-0.05, 0) is 23.8 Å². The summed E-state index contributed by atoms with van der Waals surface area (Å²) in [4.78, 5) is 8.53. The molecule has 118 valence electrons. The Morgan fingerprint density at radius 2 is 1.83 bits per heavy atom. The van der Waals surface area contributed by atoms with Gasteiger partial charge in [-0.2, -0.15) is 13.2 Å². The molecule has 0 fully saturated rings. The maximum absolute atomic E-state index is 12.6. The zero-order valence-corrected chi connectivity index (χ0v) is 12.2. The van der Waals surface area contributed by atoms with Gasteiger partial charge in [0.2, 0.25) is 0 Å². The van der Waals surface area contributed by atoms with Crippen molar-refractivity contribution in [3.05, 3.63) is 72.3 Å². The van der Waals surface area contributed by atoms with Gasteiger partial charge in [0.1, 0.15) is 5.82 Å². The highest BCUT2D eigenvalue weighted by Gasteiger charge is 2.27. The van der Waals surface area contributed by atoms with Gasteiger partial charge in [-0.3, -0.25) is 4.98 Å². The van der Waals surface area contributed by atoms with Gasteiger partial charge < -0.3 is 4.57 Å². The first-order chi connectivity index (χ1) is 11.0. The Morgan fingerprint density at radius 1 is 0.957 bits per heavy atom. The molecule has 0 bridgehead atoms. The number of hydrogen-bond donors (Lipinski definition) is 0. The topological polar surface area (TPSA) is 30.7 Å².